The lowest BCUT2D eigenvalue weighted by Crippen LogP contribution is -2.09. The molecule has 0 aliphatic heterocycles. The minimum absolute atomic E-state index is 0.0308. The average Bonchev–Trinajstić information content (AvgIpc) is 3.27. The van der Waals surface area contributed by atoms with Crippen molar-refractivity contribution >= 4 is 17.1 Å². The highest BCUT2D eigenvalue weighted by atomic mass is 19.4. The van der Waals surface area contributed by atoms with Crippen molar-refractivity contribution in [2.75, 3.05) is 0 Å². The van der Waals surface area contributed by atoms with Gasteiger partial charge in [0.1, 0.15) is 18.2 Å². The molecule has 1 aromatic heterocycles. The number of aromatic carboxylic acids is 1. The van der Waals surface area contributed by atoms with E-state index in [0.717, 1.165) is 12.1 Å². The van der Waals surface area contributed by atoms with Gasteiger partial charge in [0.2, 0.25) is 5.88 Å². The number of hydrogen-bond acceptors (Lipinski definition) is 3. The van der Waals surface area contributed by atoms with Crippen LogP contribution in [0.4, 0.5) is 22.0 Å². The highest BCUT2D eigenvalue weighted by Gasteiger charge is 2.33. The van der Waals surface area contributed by atoms with Gasteiger partial charge in [-0.05, 0) is 84.4 Å². The SMILES string of the molecule is Cc1cc(F)ccc1COc1ncc(C(F)(F)F)cc1C1=C(c2ccc(F)c(C(=O)O)c2)CCC1. The van der Waals surface area contributed by atoms with Crippen LogP contribution in [0.2, 0.25) is 0 Å². The average molecular weight is 489 g/mol. The van der Waals surface area contributed by atoms with Crippen LogP contribution in [-0.2, 0) is 12.8 Å². The van der Waals surface area contributed by atoms with Gasteiger partial charge in [0, 0.05) is 11.8 Å². The molecule has 1 heterocycles. The van der Waals surface area contributed by atoms with E-state index in [1.54, 1.807) is 6.92 Å². The van der Waals surface area contributed by atoms with Gasteiger partial charge in [-0.1, -0.05) is 12.1 Å². The number of carbonyl (C=O) groups is 1. The zero-order chi connectivity index (χ0) is 25.3. The van der Waals surface area contributed by atoms with Crippen molar-refractivity contribution in [3.05, 3.63) is 93.7 Å². The van der Waals surface area contributed by atoms with Gasteiger partial charge in [-0.2, -0.15) is 13.2 Å². The molecule has 1 N–H and O–H groups in total. The van der Waals surface area contributed by atoms with Crippen LogP contribution in [0, 0.1) is 18.6 Å². The molecule has 0 unspecified atom stereocenters. The van der Waals surface area contributed by atoms with E-state index in [1.807, 2.05) is 0 Å². The number of nitrogens with zero attached hydrogens (tertiary/aromatic N) is 1. The number of pyridine rings is 1. The maximum atomic E-state index is 13.9. The minimum Gasteiger partial charge on any atom is -0.478 e. The number of carboxylic acids is 1. The molecule has 3 aromatic rings. The predicted molar refractivity (Wildman–Crippen MR) is 119 cm³/mol. The molecule has 9 heteroatoms. The fourth-order valence-corrected chi connectivity index (χ4v) is 4.14. The molecule has 0 fully saturated rings. The van der Waals surface area contributed by atoms with Crippen LogP contribution in [0.3, 0.4) is 0 Å². The first kappa shape index (κ1) is 24.4. The van der Waals surface area contributed by atoms with Crippen LogP contribution < -0.4 is 4.74 Å². The quantitative estimate of drug-likeness (QED) is 0.377. The highest BCUT2D eigenvalue weighted by Crippen LogP contribution is 2.44. The van der Waals surface area contributed by atoms with Crippen LogP contribution in [0.5, 0.6) is 5.88 Å². The van der Waals surface area contributed by atoms with Gasteiger partial charge in [0.05, 0.1) is 11.1 Å². The van der Waals surface area contributed by atoms with Gasteiger partial charge in [-0.3, -0.25) is 0 Å². The number of benzene rings is 2. The number of carboxylic acid groups (broad SMARTS) is 1. The van der Waals surface area contributed by atoms with E-state index in [4.69, 9.17) is 4.74 Å². The summed E-state index contributed by atoms with van der Waals surface area (Å²) in [4.78, 5) is 15.3. The first-order chi connectivity index (χ1) is 16.5. The van der Waals surface area contributed by atoms with Crippen LogP contribution >= 0.6 is 0 Å². The lowest BCUT2D eigenvalue weighted by Gasteiger charge is -2.17. The Bertz CT molecular complexity index is 1330. The van der Waals surface area contributed by atoms with E-state index < -0.39 is 34.9 Å². The second-order valence-electron chi connectivity index (χ2n) is 8.24. The van der Waals surface area contributed by atoms with Crippen molar-refractivity contribution in [1.29, 1.82) is 0 Å². The van der Waals surface area contributed by atoms with Gasteiger partial charge in [-0.15, -0.1) is 0 Å². The van der Waals surface area contributed by atoms with E-state index >= 15 is 0 Å². The first-order valence-electron chi connectivity index (χ1n) is 10.8. The molecule has 1 aliphatic carbocycles. The summed E-state index contributed by atoms with van der Waals surface area (Å²) in [5.74, 6) is -2.79. The third-order valence-corrected chi connectivity index (χ3v) is 5.94. The third kappa shape index (κ3) is 5.18. The summed E-state index contributed by atoms with van der Waals surface area (Å²) in [7, 11) is 0. The molecule has 2 aromatic carbocycles. The van der Waals surface area contributed by atoms with Gasteiger partial charge in [0.25, 0.3) is 0 Å². The molecule has 0 atom stereocenters. The Morgan fingerprint density at radius 3 is 2.49 bits per heavy atom. The summed E-state index contributed by atoms with van der Waals surface area (Å²) in [5.41, 5.74) is 1.46. The Kier molecular flexibility index (Phi) is 6.60. The Balaban J connectivity index is 1.80. The molecule has 1 aliphatic rings. The molecule has 0 amide bonds. The zero-order valence-corrected chi connectivity index (χ0v) is 18.5. The molecular formula is C26H20F5NO3. The number of hydrogen-bond donors (Lipinski definition) is 1. The monoisotopic (exact) mass is 489 g/mol. The van der Waals surface area contributed by atoms with Gasteiger partial charge >= 0.3 is 12.1 Å². The van der Waals surface area contributed by atoms with Crippen molar-refractivity contribution in [1.82, 2.24) is 4.98 Å². The summed E-state index contributed by atoms with van der Waals surface area (Å²) in [6.45, 7) is 1.65. The minimum atomic E-state index is -4.64. The third-order valence-electron chi connectivity index (χ3n) is 5.94. The van der Waals surface area contributed by atoms with Crippen molar-refractivity contribution in [3.8, 4) is 5.88 Å². The van der Waals surface area contributed by atoms with E-state index in [-0.39, 0.29) is 18.1 Å². The number of alkyl halides is 3. The van der Waals surface area contributed by atoms with Gasteiger partial charge in [0.15, 0.2) is 0 Å². The summed E-state index contributed by atoms with van der Waals surface area (Å²) in [6, 6.07) is 8.70. The van der Waals surface area contributed by atoms with Crippen LogP contribution in [-0.4, -0.2) is 16.1 Å². The van der Waals surface area contributed by atoms with Gasteiger partial charge in [-0.25, -0.2) is 18.6 Å². The Labute approximate surface area is 197 Å². The van der Waals surface area contributed by atoms with Crippen LogP contribution in [0.25, 0.3) is 11.1 Å². The van der Waals surface area contributed by atoms with Crippen LogP contribution in [0.15, 0.2) is 48.7 Å². The summed E-state index contributed by atoms with van der Waals surface area (Å²) < 4.78 is 73.6. The molecule has 182 valence electrons. The molecule has 0 saturated heterocycles. The number of allylic oxidation sites excluding steroid dienone is 2. The van der Waals surface area contributed by atoms with Crippen LogP contribution in [0.1, 0.15) is 57.4 Å². The van der Waals surface area contributed by atoms with E-state index in [2.05, 4.69) is 4.98 Å². The largest absolute Gasteiger partial charge is 0.478 e. The maximum Gasteiger partial charge on any atom is 0.417 e. The maximum absolute atomic E-state index is 13.9. The summed E-state index contributed by atoms with van der Waals surface area (Å²) in [6.07, 6.45) is -2.47. The van der Waals surface area contributed by atoms with E-state index in [1.165, 1.54) is 30.3 Å². The number of rotatable bonds is 6. The van der Waals surface area contributed by atoms with E-state index in [9.17, 15) is 31.9 Å². The van der Waals surface area contributed by atoms with Crippen molar-refractivity contribution in [3.63, 3.8) is 0 Å². The predicted octanol–water partition coefficient (Wildman–Crippen LogP) is 7.06. The number of aryl methyl sites for hydroxylation is 1. The summed E-state index contributed by atoms with van der Waals surface area (Å²) in [5, 5.41) is 9.27. The molecule has 0 saturated carbocycles. The molecule has 35 heavy (non-hydrogen) atoms. The van der Waals surface area contributed by atoms with Gasteiger partial charge < -0.3 is 9.84 Å². The number of aromatic nitrogens is 1. The van der Waals surface area contributed by atoms with Crippen molar-refractivity contribution in [2.45, 2.75) is 39.0 Å². The molecule has 0 radical (unpaired) electrons. The Morgan fingerprint density at radius 2 is 1.80 bits per heavy atom. The lowest BCUT2D eigenvalue weighted by molar-refractivity contribution is -0.137. The van der Waals surface area contributed by atoms with E-state index in [0.29, 0.717) is 53.3 Å². The molecular weight excluding hydrogens is 469 g/mol. The number of halogens is 5. The topological polar surface area (TPSA) is 59.4 Å². The normalized spacial score (nSPS) is 13.9. The smallest absolute Gasteiger partial charge is 0.417 e. The number of ether oxygens (including phenoxy) is 1. The standard InChI is InChI=1S/C26H20F5NO3/c1-14-9-18(27)7-5-16(14)13-35-24-21(11-17(12-32-24)26(29,30)31)20-4-2-3-19(20)15-6-8-23(28)22(10-15)25(33)34/h5-12H,2-4,13H2,1H3,(H,33,34). The van der Waals surface area contributed by atoms with Crippen molar-refractivity contribution in [2.24, 2.45) is 0 Å². The fraction of sp³-hybridized carbons (Fsp3) is 0.231. The second-order valence-corrected chi connectivity index (χ2v) is 8.24. The fourth-order valence-electron chi connectivity index (χ4n) is 4.14. The van der Waals surface area contributed by atoms with Crippen molar-refractivity contribution < 1.29 is 36.6 Å². The molecule has 4 nitrogen and oxygen atoms in total. The zero-order valence-electron chi connectivity index (χ0n) is 18.5. The molecule has 0 spiro atoms. The highest BCUT2D eigenvalue weighted by molar-refractivity contribution is 5.96. The summed E-state index contributed by atoms with van der Waals surface area (Å²) >= 11 is 0. The molecule has 0 bridgehead atoms. The Hall–Kier alpha value is -3.75. The Morgan fingerprint density at radius 1 is 1.06 bits per heavy atom. The second kappa shape index (κ2) is 9.48. The lowest BCUT2D eigenvalue weighted by atomic mass is 9.95. The first-order valence-corrected chi connectivity index (χ1v) is 10.8. The molecule has 4 rings (SSSR count).